The largest absolute Gasteiger partial charge is 0.341 e. The van der Waals surface area contributed by atoms with Gasteiger partial charge in [-0.15, -0.1) is 17.8 Å². The van der Waals surface area contributed by atoms with Gasteiger partial charge < -0.3 is 10.6 Å². The van der Waals surface area contributed by atoms with Gasteiger partial charge in [-0.25, -0.2) is 4.98 Å². The summed E-state index contributed by atoms with van der Waals surface area (Å²) in [6, 6.07) is 16.5. The molecule has 0 saturated carbocycles. The number of terminal acetylenes is 1. The van der Waals surface area contributed by atoms with Crippen LogP contribution in [0.2, 0.25) is 0 Å². The fourth-order valence-corrected chi connectivity index (χ4v) is 3.47. The van der Waals surface area contributed by atoms with Gasteiger partial charge in [-0.2, -0.15) is 0 Å². The number of hydrogen-bond acceptors (Lipinski definition) is 4. The highest BCUT2D eigenvalue weighted by Gasteiger charge is 2.18. The Labute approximate surface area is 161 Å². The van der Waals surface area contributed by atoms with Crippen molar-refractivity contribution in [1.29, 1.82) is 0 Å². The normalized spacial score (nSPS) is 10.1. The molecule has 0 radical (unpaired) electrons. The molecule has 5 nitrogen and oxygen atoms in total. The molecule has 3 aromatic rings. The molecular weight excluding hydrogens is 358 g/mol. The summed E-state index contributed by atoms with van der Waals surface area (Å²) in [6.07, 6.45) is 5.18. The van der Waals surface area contributed by atoms with Crippen LogP contribution in [0.25, 0.3) is 10.6 Å². The minimum Gasteiger partial charge on any atom is -0.341 e. The Balaban J connectivity index is 1.84. The topological polar surface area (TPSA) is 71.1 Å². The van der Waals surface area contributed by atoms with Crippen LogP contribution in [0.3, 0.4) is 0 Å². The molecule has 0 bridgehead atoms. The molecule has 2 amide bonds. The number of benzene rings is 2. The number of amides is 2. The van der Waals surface area contributed by atoms with Crippen molar-refractivity contribution in [3.63, 3.8) is 0 Å². The molecule has 0 aliphatic heterocycles. The highest BCUT2D eigenvalue weighted by Crippen LogP contribution is 2.28. The molecular formula is C21H17N3O2S. The van der Waals surface area contributed by atoms with Crippen molar-refractivity contribution < 1.29 is 9.59 Å². The fourth-order valence-electron chi connectivity index (χ4n) is 2.51. The third-order valence-electron chi connectivity index (χ3n) is 3.79. The molecule has 2 N–H and O–H groups in total. The van der Waals surface area contributed by atoms with Crippen molar-refractivity contribution in [2.24, 2.45) is 0 Å². The lowest BCUT2D eigenvalue weighted by atomic mass is 10.1. The summed E-state index contributed by atoms with van der Waals surface area (Å²) in [5.41, 5.74) is 2.38. The second-order valence-electron chi connectivity index (χ2n) is 5.69. The van der Waals surface area contributed by atoms with E-state index in [4.69, 9.17) is 6.42 Å². The minimum absolute atomic E-state index is 0.121. The van der Waals surface area contributed by atoms with Crippen LogP contribution < -0.4 is 10.6 Å². The van der Waals surface area contributed by atoms with Crippen molar-refractivity contribution in [3.8, 4) is 22.9 Å². The number of rotatable bonds is 5. The molecule has 6 heteroatoms. The van der Waals surface area contributed by atoms with Gasteiger partial charge in [0.25, 0.3) is 11.8 Å². The summed E-state index contributed by atoms with van der Waals surface area (Å²) >= 11 is 1.32. The van der Waals surface area contributed by atoms with Crippen LogP contribution in [0, 0.1) is 19.3 Å². The number of carbonyl (C=O) groups is 2. The highest BCUT2D eigenvalue weighted by atomic mass is 32.1. The van der Waals surface area contributed by atoms with Crippen LogP contribution in [0.15, 0.2) is 54.6 Å². The smallest absolute Gasteiger partial charge is 0.267 e. The molecule has 0 aliphatic carbocycles. The van der Waals surface area contributed by atoms with E-state index in [1.165, 1.54) is 11.3 Å². The Morgan fingerprint density at radius 2 is 1.78 bits per heavy atom. The Hall–Kier alpha value is -3.43. The first kappa shape index (κ1) is 18.4. The van der Waals surface area contributed by atoms with Crippen molar-refractivity contribution in [1.82, 2.24) is 10.3 Å². The van der Waals surface area contributed by atoms with E-state index in [2.05, 4.69) is 21.5 Å². The Morgan fingerprint density at radius 3 is 2.52 bits per heavy atom. The number of nitrogens with one attached hydrogen (secondary N) is 2. The number of carbonyl (C=O) groups excluding carboxylic acids is 2. The number of aromatic nitrogens is 1. The van der Waals surface area contributed by atoms with E-state index >= 15 is 0 Å². The molecule has 1 aromatic heterocycles. The summed E-state index contributed by atoms with van der Waals surface area (Å²) in [6.45, 7) is 1.92. The van der Waals surface area contributed by atoms with E-state index in [1.54, 1.807) is 31.2 Å². The maximum atomic E-state index is 12.8. The van der Waals surface area contributed by atoms with E-state index in [0.717, 1.165) is 10.6 Å². The first-order chi connectivity index (χ1) is 13.1. The number of aryl methyl sites for hydroxylation is 1. The van der Waals surface area contributed by atoms with Crippen molar-refractivity contribution >= 4 is 28.8 Å². The predicted octanol–water partition coefficient (Wildman–Crippen LogP) is 3.73. The number of nitrogens with zero attached hydrogens (tertiary/aromatic N) is 1. The van der Waals surface area contributed by atoms with E-state index in [0.29, 0.717) is 21.8 Å². The maximum absolute atomic E-state index is 12.8. The number of anilines is 1. The van der Waals surface area contributed by atoms with Crippen LogP contribution in [-0.2, 0) is 0 Å². The highest BCUT2D eigenvalue weighted by molar-refractivity contribution is 7.17. The van der Waals surface area contributed by atoms with E-state index in [1.807, 2.05) is 30.3 Å². The SMILES string of the molecule is C#CCNC(=O)c1ccccc1NC(=O)c1sc(-c2ccccc2)nc1C. The van der Waals surface area contributed by atoms with Gasteiger partial charge in [0.15, 0.2) is 0 Å². The first-order valence-corrected chi connectivity index (χ1v) is 9.06. The van der Waals surface area contributed by atoms with Crippen molar-refractivity contribution in [2.45, 2.75) is 6.92 Å². The van der Waals surface area contributed by atoms with Gasteiger partial charge in [0, 0.05) is 5.56 Å². The second kappa shape index (κ2) is 8.30. The lowest BCUT2D eigenvalue weighted by Crippen LogP contribution is -2.25. The average Bonchev–Trinajstić information content (AvgIpc) is 3.09. The number of hydrogen-bond donors (Lipinski definition) is 2. The van der Waals surface area contributed by atoms with Gasteiger partial charge in [0.1, 0.15) is 9.88 Å². The minimum atomic E-state index is -0.338. The van der Waals surface area contributed by atoms with Crippen LogP contribution in [0.4, 0.5) is 5.69 Å². The number of para-hydroxylation sites is 1. The summed E-state index contributed by atoms with van der Waals surface area (Å²) in [5, 5.41) is 6.19. The first-order valence-electron chi connectivity index (χ1n) is 8.25. The van der Waals surface area contributed by atoms with Gasteiger partial charge in [0.05, 0.1) is 23.5 Å². The molecule has 0 fully saturated rings. The van der Waals surface area contributed by atoms with Crippen LogP contribution >= 0.6 is 11.3 Å². The van der Waals surface area contributed by atoms with Gasteiger partial charge in [0.2, 0.25) is 0 Å². The lowest BCUT2D eigenvalue weighted by Gasteiger charge is -2.10. The molecule has 134 valence electrons. The van der Waals surface area contributed by atoms with E-state index in [-0.39, 0.29) is 18.4 Å². The Morgan fingerprint density at radius 1 is 1.07 bits per heavy atom. The standard InChI is InChI=1S/C21H17N3O2S/c1-3-13-22-19(25)16-11-7-8-12-17(16)24-20(26)18-14(2)23-21(27-18)15-9-5-4-6-10-15/h1,4-12H,13H2,2H3,(H,22,25)(H,24,26). The van der Waals surface area contributed by atoms with Crippen LogP contribution in [0.1, 0.15) is 25.7 Å². The van der Waals surface area contributed by atoms with Crippen LogP contribution in [0.5, 0.6) is 0 Å². The summed E-state index contributed by atoms with van der Waals surface area (Å²) in [7, 11) is 0. The lowest BCUT2D eigenvalue weighted by molar-refractivity contribution is 0.0959. The van der Waals surface area contributed by atoms with Crippen molar-refractivity contribution in [3.05, 3.63) is 70.7 Å². The fraction of sp³-hybridized carbons (Fsp3) is 0.0952. The van der Waals surface area contributed by atoms with Crippen molar-refractivity contribution in [2.75, 3.05) is 11.9 Å². The Bertz CT molecular complexity index is 1020. The molecule has 2 aromatic carbocycles. The average molecular weight is 375 g/mol. The summed E-state index contributed by atoms with van der Waals surface area (Å²) < 4.78 is 0. The second-order valence-corrected chi connectivity index (χ2v) is 6.69. The zero-order chi connectivity index (χ0) is 19.2. The van der Waals surface area contributed by atoms with Gasteiger partial charge >= 0.3 is 0 Å². The molecule has 0 unspecified atom stereocenters. The molecule has 0 atom stereocenters. The molecule has 0 saturated heterocycles. The summed E-state index contributed by atoms with van der Waals surface area (Å²) in [5.74, 6) is 1.71. The quantitative estimate of drug-likeness (QED) is 0.668. The predicted molar refractivity (Wildman–Crippen MR) is 108 cm³/mol. The van der Waals surface area contributed by atoms with E-state index in [9.17, 15) is 9.59 Å². The van der Waals surface area contributed by atoms with Crippen LogP contribution in [-0.4, -0.2) is 23.3 Å². The third kappa shape index (κ3) is 4.22. The Kier molecular flexibility index (Phi) is 5.64. The molecule has 3 rings (SSSR count). The molecule has 0 spiro atoms. The molecule has 27 heavy (non-hydrogen) atoms. The molecule has 0 aliphatic rings. The van der Waals surface area contributed by atoms with Gasteiger partial charge in [-0.05, 0) is 19.1 Å². The third-order valence-corrected chi connectivity index (χ3v) is 5.00. The van der Waals surface area contributed by atoms with E-state index < -0.39 is 0 Å². The van der Waals surface area contributed by atoms with Gasteiger partial charge in [-0.3, -0.25) is 9.59 Å². The monoisotopic (exact) mass is 375 g/mol. The number of thiazole rings is 1. The zero-order valence-corrected chi connectivity index (χ0v) is 15.5. The zero-order valence-electron chi connectivity index (χ0n) is 14.7. The summed E-state index contributed by atoms with van der Waals surface area (Å²) in [4.78, 5) is 30.0. The maximum Gasteiger partial charge on any atom is 0.267 e. The van der Waals surface area contributed by atoms with Gasteiger partial charge in [-0.1, -0.05) is 48.4 Å². The molecule has 1 heterocycles.